The topological polar surface area (TPSA) is 42.6 Å². The summed E-state index contributed by atoms with van der Waals surface area (Å²) >= 11 is 0. The van der Waals surface area contributed by atoms with Gasteiger partial charge in [0.2, 0.25) is 0 Å². The van der Waals surface area contributed by atoms with E-state index in [1.54, 1.807) is 6.07 Å². The van der Waals surface area contributed by atoms with Crippen LogP contribution in [-0.4, -0.2) is 12.7 Å². The van der Waals surface area contributed by atoms with Crippen LogP contribution in [0, 0.1) is 0 Å². The summed E-state index contributed by atoms with van der Waals surface area (Å²) < 4.78 is 11.1. The zero-order chi connectivity index (χ0) is 14.9. The summed E-state index contributed by atoms with van der Waals surface area (Å²) in [6.45, 7) is 0. The molecule has 1 heterocycles. The molecule has 0 saturated carbocycles. The van der Waals surface area contributed by atoms with Gasteiger partial charge in [0.25, 0.3) is 0 Å². The van der Waals surface area contributed by atoms with Crippen molar-refractivity contribution in [1.82, 2.24) is 0 Å². The van der Waals surface area contributed by atoms with Gasteiger partial charge in [0.1, 0.15) is 16.9 Å². The molecule has 4 heteroatoms. The molecule has 1 aromatic heterocycles. The van der Waals surface area contributed by atoms with E-state index < -0.39 is 0 Å². The summed E-state index contributed by atoms with van der Waals surface area (Å²) in [6.07, 6.45) is 0. The summed E-state index contributed by atoms with van der Waals surface area (Å²) in [7, 11) is 0.689. The van der Waals surface area contributed by atoms with E-state index in [9.17, 15) is 0 Å². The second kappa shape index (κ2) is 5.24. The SMILES string of the molecule is O[B]Oc1cccc2oc3ccc(-c4ccccc4)cc3c12. The Balaban J connectivity index is 2.00. The van der Waals surface area contributed by atoms with Gasteiger partial charge in [0, 0.05) is 5.39 Å². The van der Waals surface area contributed by atoms with E-state index in [-0.39, 0.29) is 0 Å². The van der Waals surface area contributed by atoms with Crippen molar-refractivity contribution in [2.45, 2.75) is 0 Å². The van der Waals surface area contributed by atoms with Crippen LogP contribution in [0.2, 0.25) is 0 Å². The van der Waals surface area contributed by atoms with Gasteiger partial charge in [-0.1, -0.05) is 42.5 Å². The monoisotopic (exact) mass is 287 g/mol. The highest BCUT2D eigenvalue weighted by Gasteiger charge is 2.13. The van der Waals surface area contributed by atoms with Crippen LogP contribution < -0.4 is 4.65 Å². The molecule has 0 aliphatic rings. The highest BCUT2D eigenvalue weighted by atomic mass is 16.5. The molecule has 4 rings (SSSR count). The largest absolute Gasteiger partial charge is 0.569 e. The maximum Gasteiger partial charge on any atom is 0.569 e. The summed E-state index contributed by atoms with van der Waals surface area (Å²) in [4.78, 5) is 0. The predicted octanol–water partition coefficient (Wildman–Crippen LogP) is 4.16. The van der Waals surface area contributed by atoms with Crippen LogP contribution in [0.5, 0.6) is 5.75 Å². The Labute approximate surface area is 128 Å². The molecule has 1 N–H and O–H groups in total. The first-order chi connectivity index (χ1) is 10.9. The van der Waals surface area contributed by atoms with Crippen LogP contribution in [0.1, 0.15) is 0 Å². The van der Waals surface area contributed by atoms with Crippen LogP contribution in [0.4, 0.5) is 0 Å². The van der Waals surface area contributed by atoms with Crippen LogP contribution >= 0.6 is 0 Å². The quantitative estimate of drug-likeness (QED) is 0.575. The molecule has 0 amide bonds. The first kappa shape index (κ1) is 13.0. The number of benzene rings is 3. The van der Waals surface area contributed by atoms with Gasteiger partial charge >= 0.3 is 7.69 Å². The first-order valence-corrected chi connectivity index (χ1v) is 7.00. The van der Waals surface area contributed by atoms with E-state index in [2.05, 4.69) is 18.2 Å². The molecule has 0 fully saturated rings. The summed E-state index contributed by atoms with van der Waals surface area (Å²) in [5.41, 5.74) is 3.78. The molecular formula is C18H12BO3. The molecule has 0 saturated heterocycles. The summed E-state index contributed by atoms with van der Waals surface area (Å²) in [5, 5.41) is 10.8. The van der Waals surface area contributed by atoms with Crippen LogP contribution in [-0.2, 0) is 0 Å². The minimum Gasteiger partial charge on any atom is -0.537 e. The maximum atomic E-state index is 8.94. The smallest absolute Gasteiger partial charge is 0.537 e. The minimum atomic E-state index is 0.573. The highest BCUT2D eigenvalue weighted by Crippen LogP contribution is 2.37. The van der Waals surface area contributed by atoms with Gasteiger partial charge in [0.05, 0.1) is 5.39 Å². The molecule has 0 aliphatic carbocycles. The molecule has 0 bridgehead atoms. The first-order valence-electron chi connectivity index (χ1n) is 7.00. The van der Waals surface area contributed by atoms with Crippen molar-refractivity contribution in [1.29, 1.82) is 0 Å². The van der Waals surface area contributed by atoms with E-state index in [4.69, 9.17) is 14.1 Å². The van der Waals surface area contributed by atoms with E-state index in [0.717, 1.165) is 33.1 Å². The summed E-state index contributed by atoms with van der Waals surface area (Å²) in [5.74, 6) is 0.573. The Morgan fingerprint density at radius 3 is 2.50 bits per heavy atom. The molecule has 0 spiro atoms. The molecule has 1 radical (unpaired) electrons. The Bertz CT molecular complexity index is 945. The Morgan fingerprint density at radius 1 is 0.818 bits per heavy atom. The van der Waals surface area contributed by atoms with E-state index in [1.165, 1.54) is 0 Å². The Hall–Kier alpha value is -2.72. The lowest BCUT2D eigenvalue weighted by molar-refractivity contribution is 0.456. The molecule has 0 unspecified atom stereocenters. The van der Waals surface area contributed by atoms with E-state index in [0.29, 0.717) is 13.4 Å². The van der Waals surface area contributed by atoms with Gasteiger partial charge in [-0.3, -0.25) is 0 Å². The van der Waals surface area contributed by atoms with E-state index in [1.807, 2.05) is 42.5 Å². The average Bonchev–Trinajstić information content (AvgIpc) is 2.94. The normalized spacial score (nSPS) is 11.0. The highest BCUT2D eigenvalue weighted by molar-refractivity contribution is 6.19. The van der Waals surface area contributed by atoms with Gasteiger partial charge in [-0.2, -0.15) is 0 Å². The van der Waals surface area contributed by atoms with Crippen molar-refractivity contribution in [2.24, 2.45) is 0 Å². The maximum absolute atomic E-state index is 8.94. The van der Waals surface area contributed by atoms with Gasteiger partial charge in [-0.05, 0) is 35.4 Å². The molecular weight excluding hydrogens is 275 g/mol. The van der Waals surface area contributed by atoms with Gasteiger partial charge in [-0.15, -0.1) is 0 Å². The number of fused-ring (bicyclic) bond motifs is 3. The molecule has 0 atom stereocenters. The number of furan rings is 1. The Kier molecular flexibility index (Phi) is 3.09. The molecule has 4 aromatic rings. The molecule has 3 nitrogen and oxygen atoms in total. The lowest BCUT2D eigenvalue weighted by Crippen LogP contribution is -1.99. The van der Waals surface area contributed by atoms with Crippen LogP contribution in [0.15, 0.2) is 71.1 Å². The number of hydrogen-bond acceptors (Lipinski definition) is 3. The van der Waals surface area contributed by atoms with Gasteiger partial charge < -0.3 is 14.1 Å². The van der Waals surface area contributed by atoms with Crippen LogP contribution in [0.3, 0.4) is 0 Å². The second-order valence-electron chi connectivity index (χ2n) is 5.03. The van der Waals surface area contributed by atoms with Crippen molar-refractivity contribution < 1.29 is 14.1 Å². The fourth-order valence-electron chi connectivity index (χ4n) is 2.76. The fraction of sp³-hybridized carbons (Fsp3) is 0. The third-order valence-electron chi connectivity index (χ3n) is 3.74. The van der Waals surface area contributed by atoms with Gasteiger partial charge in [0.15, 0.2) is 0 Å². The van der Waals surface area contributed by atoms with Crippen molar-refractivity contribution >= 4 is 29.6 Å². The molecule has 22 heavy (non-hydrogen) atoms. The van der Waals surface area contributed by atoms with Crippen LogP contribution in [0.25, 0.3) is 33.1 Å². The van der Waals surface area contributed by atoms with Crippen molar-refractivity contribution in [2.75, 3.05) is 0 Å². The van der Waals surface area contributed by atoms with Gasteiger partial charge in [-0.25, -0.2) is 0 Å². The number of hydrogen-bond donors (Lipinski definition) is 1. The van der Waals surface area contributed by atoms with E-state index >= 15 is 0 Å². The third kappa shape index (κ3) is 2.05. The standard InChI is InChI=1S/C18H12BO3/c20-19-22-17-8-4-7-16-18(17)14-11-13(9-10-15(14)21-16)12-5-2-1-3-6-12/h1-11,20H. The second-order valence-corrected chi connectivity index (χ2v) is 5.03. The zero-order valence-electron chi connectivity index (χ0n) is 11.7. The summed E-state index contributed by atoms with van der Waals surface area (Å²) in [6, 6.07) is 21.8. The average molecular weight is 287 g/mol. The van der Waals surface area contributed by atoms with Crippen molar-refractivity contribution in [3.8, 4) is 16.9 Å². The molecule has 3 aromatic carbocycles. The lowest BCUT2D eigenvalue weighted by atomic mass is 10.0. The zero-order valence-corrected chi connectivity index (χ0v) is 11.7. The fourth-order valence-corrected chi connectivity index (χ4v) is 2.76. The number of rotatable bonds is 3. The lowest BCUT2D eigenvalue weighted by Gasteiger charge is -2.04. The van der Waals surface area contributed by atoms with Crippen molar-refractivity contribution in [3.05, 3.63) is 66.7 Å². The third-order valence-corrected chi connectivity index (χ3v) is 3.74. The Morgan fingerprint density at radius 2 is 1.68 bits per heavy atom. The molecule has 0 aliphatic heterocycles. The molecule has 105 valence electrons. The minimum absolute atomic E-state index is 0.573. The van der Waals surface area contributed by atoms with Crippen molar-refractivity contribution in [3.63, 3.8) is 0 Å². The predicted molar refractivity (Wildman–Crippen MR) is 87.8 cm³/mol.